The lowest BCUT2D eigenvalue weighted by molar-refractivity contribution is 0.0105. The Balaban J connectivity index is 0.000000191. The number of rotatable bonds is 4. The number of aliphatic hydroxyl groups is 2. The molecule has 184 valence electrons. The highest BCUT2D eigenvalue weighted by Gasteiger charge is 2.41. The maximum Gasteiger partial charge on any atom is 0.259 e. The summed E-state index contributed by atoms with van der Waals surface area (Å²) in [4.78, 5) is 25.9. The lowest BCUT2D eigenvalue weighted by Crippen LogP contribution is -2.31. The molecule has 4 rings (SSSR count). The summed E-state index contributed by atoms with van der Waals surface area (Å²) < 4.78 is 54.0. The summed E-state index contributed by atoms with van der Waals surface area (Å²) in [5.41, 5.74) is -1.21. The molecule has 0 fully saturated rings. The van der Waals surface area contributed by atoms with Crippen LogP contribution in [0.5, 0.6) is 0 Å². The van der Waals surface area contributed by atoms with Gasteiger partial charge in [-0.1, -0.05) is 27.7 Å². The summed E-state index contributed by atoms with van der Waals surface area (Å²) in [7, 11) is 0. The van der Waals surface area contributed by atoms with Crippen molar-refractivity contribution in [3.8, 4) is 0 Å². The molecule has 0 aromatic heterocycles. The molecule has 2 N–H and O–H groups in total. The van der Waals surface area contributed by atoms with Crippen molar-refractivity contribution < 1.29 is 37.4 Å². The van der Waals surface area contributed by atoms with Gasteiger partial charge in [0.1, 0.15) is 23.3 Å². The van der Waals surface area contributed by atoms with Crippen molar-refractivity contribution in [2.75, 3.05) is 13.1 Å². The molecule has 2 heterocycles. The first-order valence-corrected chi connectivity index (χ1v) is 10.8. The zero-order valence-electron chi connectivity index (χ0n) is 19.2. The van der Waals surface area contributed by atoms with E-state index in [0.717, 1.165) is 34.1 Å². The maximum absolute atomic E-state index is 13.5. The average Bonchev–Trinajstić information content (AvgIpc) is 3.15. The first-order valence-electron chi connectivity index (χ1n) is 10.8. The Morgan fingerprint density at radius 3 is 1.24 bits per heavy atom. The van der Waals surface area contributed by atoms with Crippen LogP contribution in [0.1, 0.15) is 72.0 Å². The van der Waals surface area contributed by atoms with E-state index in [2.05, 4.69) is 0 Å². The van der Waals surface area contributed by atoms with Crippen LogP contribution in [-0.2, 0) is 0 Å². The van der Waals surface area contributed by atoms with E-state index in [0.29, 0.717) is 0 Å². The molecule has 2 amide bonds. The summed E-state index contributed by atoms with van der Waals surface area (Å²) in [5, 5.41) is 19.7. The predicted octanol–water partition coefficient (Wildman–Crippen LogP) is 4.14. The van der Waals surface area contributed by atoms with Gasteiger partial charge >= 0.3 is 0 Å². The van der Waals surface area contributed by atoms with Gasteiger partial charge in [0.15, 0.2) is 12.5 Å². The molecule has 0 radical (unpaired) electrons. The number of hydrogen-bond donors (Lipinski definition) is 2. The van der Waals surface area contributed by atoms with Crippen LogP contribution >= 0.6 is 0 Å². The molecule has 2 aliphatic rings. The number of benzene rings is 2. The molecule has 2 unspecified atom stereocenters. The lowest BCUT2D eigenvalue weighted by atomic mass is 10.1. The second-order valence-electron chi connectivity index (χ2n) is 9.09. The van der Waals surface area contributed by atoms with E-state index in [-0.39, 0.29) is 47.2 Å². The van der Waals surface area contributed by atoms with Gasteiger partial charge in [0.05, 0.1) is 22.3 Å². The molecule has 0 saturated carbocycles. The van der Waals surface area contributed by atoms with Crippen LogP contribution in [0.25, 0.3) is 0 Å². The van der Waals surface area contributed by atoms with Gasteiger partial charge in [0.25, 0.3) is 11.8 Å². The zero-order chi connectivity index (χ0) is 25.5. The first-order chi connectivity index (χ1) is 15.9. The van der Waals surface area contributed by atoms with Crippen LogP contribution in [0.4, 0.5) is 17.6 Å². The van der Waals surface area contributed by atoms with Gasteiger partial charge in [-0.3, -0.25) is 9.59 Å². The van der Waals surface area contributed by atoms with E-state index >= 15 is 0 Å². The fourth-order valence-electron chi connectivity index (χ4n) is 4.05. The molecule has 0 saturated heterocycles. The topological polar surface area (TPSA) is 81.1 Å². The molecule has 2 aliphatic heterocycles. The zero-order valence-corrected chi connectivity index (χ0v) is 19.2. The van der Waals surface area contributed by atoms with Gasteiger partial charge in [-0.15, -0.1) is 0 Å². The largest absolute Gasteiger partial charge is 0.369 e. The Hall–Kier alpha value is -2.98. The third-order valence-electron chi connectivity index (χ3n) is 5.46. The molecule has 10 heteroatoms. The Bertz CT molecular complexity index is 1040. The summed E-state index contributed by atoms with van der Waals surface area (Å²) in [5.74, 6) is -4.20. The van der Waals surface area contributed by atoms with Gasteiger partial charge in [-0.2, -0.15) is 0 Å². The Morgan fingerprint density at radius 1 is 0.676 bits per heavy atom. The van der Waals surface area contributed by atoms with Crippen LogP contribution in [0.3, 0.4) is 0 Å². The van der Waals surface area contributed by atoms with Gasteiger partial charge in [-0.25, -0.2) is 17.6 Å². The highest BCUT2D eigenvalue weighted by atomic mass is 19.1. The second-order valence-corrected chi connectivity index (χ2v) is 9.09. The normalized spacial score (nSPS) is 19.1. The number of hydrogen-bond acceptors (Lipinski definition) is 4. The number of amides is 2. The molecule has 2 aromatic rings. The number of halogens is 4. The van der Waals surface area contributed by atoms with Crippen molar-refractivity contribution in [2.45, 2.75) is 40.2 Å². The summed E-state index contributed by atoms with van der Waals surface area (Å²) in [6.45, 7) is 7.94. The molecule has 0 spiro atoms. The quantitative estimate of drug-likeness (QED) is 0.642. The monoisotopic (exact) mass is 482 g/mol. The average molecular weight is 482 g/mol. The van der Waals surface area contributed by atoms with E-state index in [9.17, 15) is 37.4 Å². The van der Waals surface area contributed by atoms with E-state index in [1.807, 2.05) is 27.7 Å². The van der Waals surface area contributed by atoms with Crippen LogP contribution in [-0.4, -0.2) is 44.9 Å². The second kappa shape index (κ2) is 9.71. The smallest absolute Gasteiger partial charge is 0.259 e. The van der Waals surface area contributed by atoms with Crippen molar-refractivity contribution in [3.63, 3.8) is 0 Å². The number of aliphatic hydroxyl groups excluding tert-OH is 2. The highest BCUT2D eigenvalue weighted by molar-refractivity contribution is 5.99. The Labute approximate surface area is 194 Å². The fourth-order valence-corrected chi connectivity index (χ4v) is 4.05. The lowest BCUT2D eigenvalue weighted by Gasteiger charge is -2.22. The molecule has 2 atom stereocenters. The highest BCUT2D eigenvalue weighted by Crippen LogP contribution is 2.36. The molecule has 2 aromatic carbocycles. The van der Waals surface area contributed by atoms with Crippen molar-refractivity contribution >= 4 is 11.8 Å². The Kier molecular flexibility index (Phi) is 7.32. The standard InChI is InChI=1S/2C12H13F2NO2/c2*1-6(2)5-15-11(16)9-7(13)3-4-8(14)10(9)12(15)17/h2*3-4,6,11,16H,5H2,1-2H3. The van der Waals surface area contributed by atoms with Crippen molar-refractivity contribution in [1.82, 2.24) is 9.80 Å². The maximum atomic E-state index is 13.5. The van der Waals surface area contributed by atoms with Crippen molar-refractivity contribution in [2.24, 2.45) is 11.8 Å². The van der Waals surface area contributed by atoms with Gasteiger partial charge < -0.3 is 20.0 Å². The van der Waals surface area contributed by atoms with Crippen LogP contribution in [0.15, 0.2) is 24.3 Å². The van der Waals surface area contributed by atoms with Crippen LogP contribution < -0.4 is 0 Å². The Morgan fingerprint density at radius 2 is 0.971 bits per heavy atom. The summed E-state index contributed by atoms with van der Waals surface area (Å²) in [6.07, 6.45) is -2.79. The van der Waals surface area contributed by atoms with Gasteiger partial charge in [0, 0.05) is 13.1 Å². The first kappa shape index (κ1) is 25.6. The number of carbonyl (C=O) groups is 2. The minimum atomic E-state index is -1.39. The number of nitrogens with zero attached hydrogens (tertiary/aromatic N) is 2. The molecular formula is C24H26F4N2O4. The van der Waals surface area contributed by atoms with E-state index in [1.54, 1.807) is 0 Å². The molecule has 34 heavy (non-hydrogen) atoms. The van der Waals surface area contributed by atoms with E-state index in [4.69, 9.17) is 0 Å². The van der Waals surface area contributed by atoms with Crippen LogP contribution in [0.2, 0.25) is 0 Å². The summed E-state index contributed by atoms with van der Waals surface area (Å²) >= 11 is 0. The van der Waals surface area contributed by atoms with E-state index < -0.39 is 47.5 Å². The van der Waals surface area contributed by atoms with Crippen molar-refractivity contribution in [1.29, 1.82) is 0 Å². The van der Waals surface area contributed by atoms with Crippen molar-refractivity contribution in [3.05, 3.63) is 69.8 Å². The fraction of sp³-hybridized carbons (Fsp3) is 0.417. The predicted molar refractivity (Wildman–Crippen MR) is 114 cm³/mol. The molecule has 0 bridgehead atoms. The van der Waals surface area contributed by atoms with Gasteiger partial charge in [0.2, 0.25) is 0 Å². The minimum Gasteiger partial charge on any atom is -0.369 e. The molecule has 0 aliphatic carbocycles. The molecular weight excluding hydrogens is 456 g/mol. The SMILES string of the molecule is CC(C)CN1C(=O)c2c(F)ccc(F)c2C1O.CC(C)CN1C(=O)c2c(F)ccc(F)c2C1O. The molecule has 6 nitrogen and oxygen atoms in total. The third-order valence-corrected chi connectivity index (χ3v) is 5.46. The van der Waals surface area contributed by atoms with Crippen LogP contribution in [0, 0.1) is 35.1 Å². The number of carbonyl (C=O) groups excluding carboxylic acids is 2. The number of fused-ring (bicyclic) bond motifs is 2. The van der Waals surface area contributed by atoms with Gasteiger partial charge in [-0.05, 0) is 36.1 Å². The third kappa shape index (κ3) is 4.52. The minimum absolute atomic E-state index is 0.106. The van der Waals surface area contributed by atoms with E-state index in [1.165, 1.54) is 0 Å². The summed E-state index contributed by atoms with van der Waals surface area (Å²) in [6, 6.07) is 3.64.